The molecule has 1 atom stereocenters. The molecule has 8 nitrogen and oxygen atoms in total. The van der Waals surface area contributed by atoms with Gasteiger partial charge in [0.25, 0.3) is 5.69 Å². The van der Waals surface area contributed by atoms with Gasteiger partial charge in [0.15, 0.2) is 5.78 Å². The Balaban J connectivity index is 2.10. The highest BCUT2D eigenvalue weighted by Gasteiger charge is 2.30. The molecule has 0 aliphatic carbocycles. The molecule has 0 spiro atoms. The van der Waals surface area contributed by atoms with Gasteiger partial charge in [-0.1, -0.05) is 0 Å². The highest BCUT2D eigenvalue weighted by molar-refractivity contribution is 5.95. The van der Waals surface area contributed by atoms with E-state index in [0.29, 0.717) is 30.8 Å². The minimum absolute atomic E-state index is 0.106. The molecule has 0 radical (unpaired) electrons. The Kier molecular flexibility index (Phi) is 5.30. The fraction of sp³-hybridized carbons (Fsp3) is 0.529. The summed E-state index contributed by atoms with van der Waals surface area (Å²) in [7, 11) is 0. The van der Waals surface area contributed by atoms with Gasteiger partial charge in [0, 0.05) is 24.7 Å². The Morgan fingerprint density at radius 3 is 2.60 bits per heavy atom. The van der Waals surface area contributed by atoms with Crippen molar-refractivity contribution >= 4 is 23.3 Å². The first-order valence-electron chi connectivity index (χ1n) is 8.10. The van der Waals surface area contributed by atoms with Crippen LogP contribution in [0.5, 0.6) is 0 Å². The van der Waals surface area contributed by atoms with E-state index in [9.17, 15) is 19.7 Å². The Labute approximate surface area is 146 Å². The van der Waals surface area contributed by atoms with E-state index in [-0.39, 0.29) is 17.5 Å². The van der Waals surface area contributed by atoms with Gasteiger partial charge >= 0.3 is 6.09 Å². The number of anilines is 1. The second-order valence-electron chi connectivity index (χ2n) is 7.09. The van der Waals surface area contributed by atoms with E-state index >= 15 is 0 Å². The van der Waals surface area contributed by atoms with Crippen LogP contribution in [-0.4, -0.2) is 41.5 Å². The highest BCUT2D eigenvalue weighted by atomic mass is 16.6. The number of ether oxygens (including phenoxy) is 1. The standard InChI is InChI=1S/C17H23N3O5/c1-11(21)12-5-6-14(15(9-12)20(23)24)19-8-7-13(10-19)18-16(22)25-17(2,3)4/h5-6,9,13H,7-8,10H2,1-4H3,(H,18,22)/t13-/m1/s1. The van der Waals surface area contributed by atoms with Crippen molar-refractivity contribution in [1.82, 2.24) is 5.32 Å². The molecule has 0 bridgehead atoms. The minimum atomic E-state index is -0.580. The van der Waals surface area contributed by atoms with Crippen LogP contribution < -0.4 is 10.2 Å². The van der Waals surface area contributed by atoms with Crippen molar-refractivity contribution in [2.24, 2.45) is 0 Å². The van der Waals surface area contributed by atoms with Gasteiger partial charge in [0.05, 0.1) is 11.0 Å². The normalized spacial score (nSPS) is 17.3. The lowest BCUT2D eigenvalue weighted by molar-refractivity contribution is -0.384. The molecule has 1 heterocycles. The van der Waals surface area contributed by atoms with Crippen molar-refractivity contribution < 1.29 is 19.2 Å². The van der Waals surface area contributed by atoms with Crippen LogP contribution in [-0.2, 0) is 4.74 Å². The Bertz CT molecular complexity index is 696. The Morgan fingerprint density at radius 1 is 1.36 bits per heavy atom. The first-order valence-corrected chi connectivity index (χ1v) is 8.10. The van der Waals surface area contributed by atoms with Crippen LogP contribution in [0.2, 0.25) is 0 Å². The lowest BCUT2D eigenvalue weighted by Crippen LogP contribution is -2.40. The molecule has 136 valence electrons. The van der Waals surface area contributed by atoms with Gasteiger partial charge in [-0.15, -0.1) is 0 Å². The van der Waals surface area contributed by atoms with Crippen molar-refractivity contribution in [3.63, 3.8) is 0 Å². The number of nitrogens with zero attached hydrogens (tertiary/aromatic N) is 2. The predicted molar refractivity (Wildman–Crippen MR) is 93.1 cm³/mol. The summed E-state index contributed by atoms with van der Waals surface area (Å²) < 4.78 is 5.23. The Hall–Kier alpha value is -2.64. The van der Waals surface area contributed by atoms with Crippen LogP contribution in [0, 0.1) is 10.1 Å². The third-order valence-corrected chi connectivity index (χ3v) is 3.83. The maximum absolute atomic E-state index is 11.9. The number of alkyl carbamates (subject to hydrolysis) is 1. The monoisotopic (exact) mass is 349 g/mol. The quantitative estimate of drug-likeness (QED) is 0.509. The van der Waals surface area contributed by atoms with Crippen molar-refractivity contribution in [1.29, 1.82) is 0 Å². The molecule has 1 aromatic rings. The zero-order valence-corrected chi connectivity index (χ0v) is 14.9. The average molecular weight is 349 g/mol. The number of ketones is 1. The number of Topliss-reactive ketones (excluding diaryl/α,β-unsaturated/α-hetero) is 1. The number of nitro groups is 1. The topological polar surface area (TPSA) is 102 Å². The minimum Gasteiger partial charge on any atom is -0.444 e. The van der Waals surface area contributed by atoms with E-state index in [4.69, 9.17) is 4.74 Å². The van der Waals surface area contributed by atoms with Gasteiger partial charge in [0.2, 0.25) is 0 Å². The molecule has 1 amide bonds. The lowest BCUT2D eigenvalue weighted by atomic mass is 10.1. The molecule has 0 unspecified atom stereocenters. The number of benzene rings is 1. The fourth-order valence-electron chi connectivity index (χ4n) is 2.73. The molecule has 1 N–H and O–H groups in total. The summed E-state index contributed by atoms with van der Waals surface area (Å²) >= 11 is 0. The number of carbonyl (C=O) groups is 2. The predicted octanol–water partition coefficient (Wildman–Crippen LogP) is 2.90. The number of nitrogens with one attached hydrogen (secondary N) is 1. The number of amides is 1. The second-order valence-corrected chi connectivity index (χ2v) is 7.09. The van der Waals surface area contributed by atoms with Crippen LogP contribution in [0.4, 0.5) is 16.2 Å². The highest BCUT2D eigenvalue weighted by Crippen LogP contribution is 2.32. The third kappa shape index (κ3) is 4.91. The second kappa shape index (κ2) is 7.08. The first-order chi connectivity index (χ1) is 11.6. The van der Waals surface area contributed by atoms with E-state index in [0.717, 1.165) is 0 Å². The molecule has 1 fully saturated rings. The molecular formula is C17H23N3O5. The van der Waals surface area contributed by atoms with Gasteiger partial charge in [0.1, 0.15) is 11.3 Å². The summed E-state index contributed by atoms with van der Waals surface area (Å²) in [5.41, 5.74) is 0.0659. The Morgan fingerprint density at radius 2 is 2.04 bits per heavy atom. The molecule has 1 saturated heterocycles. The van der Waals surface area contributed by atoms with Crippen molar-refractivity contribution in [3.8, 4) is 0 Å². The van der Waals surface area contributed by atoms with Gasteiger partial charge in [-0.05, 0) is 46.2 Å². The summed E-state index contributed by atoms with van der Waals surface area (Å²) in [6.07, 6.45) is 0.158. The summed E-state index contributed by atoms with van der Waals surface area (Å²) in [6.45, 7) is 7.74. The SMILES string of the molecule is CC(=O)c1ccc(N2CC[C@@H](NC(=O)OC(C)(C)C)C2)c([N+](=O)[O-])c1. The summed E-state index contributed by atoms with van der Waals surface area (Å²) in [4.78, 5) is 36.0. The zero-order chi connectivity index (χ0) is 18.8. The third-order valence-electron chi connectivity index (χ3n) is 3.83. The van der Waals surface area contributed by atoms with E-state index in [1.54, 1.807) is 32.9 Å². The molecule has 1 aliphatic rings. The van der Waals surface area contributed by atoms with Crippen molar-refractivity contribution in [2.75, 3.05) is 18.0 Å². The largest absolute Gasteiger partial charge is 0.444 e. The average Bonchev–Trinajstić information content (AvgIpc) is 2.92. The molecule has 0 saturated carbocycles. The van der Waals surface area contributed by atoms with E-state index in [1.165, 1.54) is 13.0 Å². The number of hydrogen-bond acceptors (Lipinski definition) is 6. The van der Waals surface area contributed by atoms with Crippen LogP contribution in [0.1, 0.15) is 44.5 Å². The van der Waals surface area contributed by atoms with E-state index in [1.807, 2.05) is 4.90 Å². The fourth-order valence-corrected chi connectivity index (χ4v) is 2.73. The molecule has 1 aromatic carbocycles. The first kappa shape index (κ1) is 18.7. The number of nitro benzene ring substituents is 1. The number of rotatable bonds is 4. The molecular weight excluding hydrogens is 326 g/mol. The molecule has 0 aromatic heterocycles. The molecule has 2 rings (SSSR count). The molecule has 8 heteroatoms. The van der Waals surface area contributed by atoms with Crippen LogP contribution in [0.25, 0.3) is 0 Å². The van der Waals surface area contributed by atoms with Gasteiger partial charge in [-0.2, -0.15) is 0 Å². The summed E-state index contributed by atoms with van der Waals surface area (Å²) in [5, 5.41) is 14.1. The van der Waals surface area contributed by atoms with Crippen molar-refractivity contribution in [2.45, 2.75) is 45.8 Å². The summed E-state index contributed by atoms with van der Waals surface area (Å²) in [5.74, 6) is -0.222. The van der Waals surface area contributed by atoms with Crippen molar-refractivity contribution in [3.05, 3.63) is 33.9 Å². The maximum atomic E-state index is 11.9. The van der Waals surface area contributed by atoms with Gasteiger partial charge in [-0.25, -0.2) is 4.79 Å². The maximum Gasteiger partial charge on any atom is 0.407 e. The number of hydrogen-bond donors (Lipinski definition) is 1. The zero-order valence-electron chi connectivity index (χ0n) is 14.9. The van der Waals surface area contributed by atoms with E-state index in [2.05, 4.69) is 5.32 Å². The smallest absolute Gasteiger partial charge is 0.407 e. The molecule has 1 aliphatic heterocycles. The van der Waals surface area contributed by atoms with Crippen LogP contribution in [0.3, 0.4) is 0 Å². The number of carbonyl (C=O) groups excluding carboxylic acids is 2. The van der Waals surface area contributed by atoms with E-state index < -0.39 is 16.6 Å². The van der Waals surface area contributed by atoms with Gasteiger partial charge in [-0.3, -0.25) is 14.9 Å². The lowest BCUT2D eigenvalue weighted by Gasteiger charge is -2.22. The van der Waals surface area contributed by atoms with Gasteiger partial charge < -0.3 is 15.0 Å². The van der Waals surface area contributed by atoms with Crippen LogP contribution in [0.15, 0.2) is 18.2 Å². The van der Waals surface area contributed by atoms with Crippen LogP contribution >= 0.6 is 0 Å². The summed E-state index contributed by atoms with van der Waals surface area (Å²) in [6, 6.07) is 4.32. The molecule has 25 heavy (non-hydrogen) atoms.